The standard InChI is InChI=1S/4N.3H4Si.3Ti/h;;;;3*1H4;;;/q4*-3;;;;3*+4. The molecule has 0 aliphatic rings. The molecule has 0 aromatic rings. The summed E-state index contributed by atoms with van der Waals surface area (Å²) in [6, 6.07) is 0. The molecule has 0 aromatic carbocycles. The van der Waals surface area contributed by atoms with Crippen molar-refractivity contribution in [3.63, 3.8) is 0 Å². The third-order valence-electron chi connectivity index (χ3n) is 0. The van der Waals surface area contributed by atoms with E-state index >= 15 is 0 Å². The summed E-state index contributed by atoms with van der Waals surface area (Å²) < 4.78 is 0. The van der Waals surface area contributed by atoms with Crippen LogP contribution >= 0.6 is 0 Å². The van der Waals surface area contributed by atoms with Crippen LogP contribution < -0.4 is 0 Å². The first-order valence-corrected chi connectivity index (χ1v) is 0. The van der Waals surface area contributed by atoms with Crippen molar-refractivity contribution in [1.82, 2.24) is 0 Å². The molecule has 0 fully saturated rings. The fourth-order valence-electron chi connectivity index (χ4n) is 0. The van der Waals surface area contributed by atoms with Gasteiger partial charge in [0.05, 0.1) is 0 Å². The Morgan fingerprint density at radius 2 is 0.300 bits per heavy atom. The molecule has 10 heavy (non-hydrogen) atoms. The molecular weight excluding hydrogens is 284 g/mol. The second kappa shape index (κ2) is 190. The fourth-order valence-corrected chi connectivity index (χ4v) is 0. The molecule has 0 spiro atoms. The molecule has 0 aromatic heterocycles. The van der Waals surface area contributed by atoms with E-state index in [4.69, 9.17) is 0 Å². The average Bonchev–Trinajstić information content (AvgIpc) is 0. The molecule has 0 unspecified atom stereocenters. The number of rotatable bonds is 0. The monoisotopic (exact) mass is 296 g/mol. The van der Waals surface area contributed by atoms with Crippen LogP contribution in [0.4, 0.5) is 0 Å². The third kappa shape index (κ3) is 142. The molecule has 0 aliphatic heterocycles. The minimum atomic E-state index is 0. The van der Waals surface area contributed by atoms with Crippen molar-refractivity contribution in [3.05, 3.63) is 24.6 Å². The minimum Gasteiger partial charge on any atom is -3.00 e. The minimum absolute atomic E-state index is 0. The molecule has 0 aliphatic carbocycles. The van der Waals surface area contributed by atoms with Crippen LogP contribution in [0.2, 0.25) is 0 Å². The van der Waals surface area contributed by atoms with Gasteiger partial charge in [0.2, 0.25) is 0 Å². The van der Waals surface area contributed by atoms with E-state index in [0.29, 0.717) is 0 Å². The van der Waals surface area contributed by atoms with Crippen LogP contribution in [-0.2, 0) is 65.2 Å². The van der Waals surface area contributed by atoms with Gasteiger partial charge in [-0.15, -0.1) is 0 Å². The van der Waals surface area contributed by atoms with E-state index in [2.05, 4.69) is 0 Å². The van der Waals surface area contributed by atoms with Crippen LogP contribution in [0.1, 0.15) is 0 Å². The van der Waals surface area contributed by atoms with E-state index in [9.17, 15) is 0 Å². The predicted octanol–water partition coefficient (Wildman–Crippen LogP) is -3.21. The van der Waals surface area contributed by atoms with Crippen LogP contribution in [0.15, 0.2) is 0 Å². The van der Waals surface area contributed by atoms with Crippen molar-refractivity contribution in [3.8, 4) is 0 Å². The van der Waals surface area contributed by atoms with Gasteiger partial charge in [0.1, 0.15) is 0 Å². The second-order valence-electron chi connectivity index (χ2n) is 0. The maximum absolute atomic E-state index is 0. The quantitative estimate of drug-likeness (QED) is 0.418. The summed E-state index contributed by atoms with van der Waals surface area (Å²) in [5.41, 5.74) is 0. The summed E-state index contributed by atoms with van der Waals surface area (Å²) in [5.74, 6) is 0. The van der Waals surface area contributed by atoms with Gasteiger partial charge in [-0.3, -0.25) is 0 Å². The van der Waals surface area contributed by atoms with Crippen LogP contribution in [0.5, 0.6) is 0 Å². The topological polar surface area (TPSA) is 122 Å². The summed E-state index contributed by atoms with van der Waals surface area (Å²) in [7, 11) is 0. The fraction of sp³-hybridized carbons (Fsp3) is 0. The van der Waals surface area contributed by atoms with Gasteiger partial charge >= 0.3 is 65.2 Å². The molecule has 56 valence electrons. The Bertz CT molecular complexity index is 15.7. The molecule has 0 radical (unpaired) electrons. The summed E-state index contributed by atoms with van der Waals surface area (Å²) >= 11 is 0. The van der Waals surface area contributed by atoms with Gasteiger partial charge in [0.25, 0.3) is 0 Å². The largest absolute Gasteiger partial charge is 4.00 e. The molecular formula is H12N4Si3Ti3. The zero-order chi connectivity index (χ0) is 0. The molecule has 0 N–H and O–H groups in total. The SMILES string of the molecule is [N-3].[N-3].[N-3].[N-3].[SiH4].[SiH4].[SiH4].[Ti+4].[Ti+4].[Ti+4]. The molecule has 0 rings (SSSR count). The summed E-state index contributed by atoms with van der Waals surface area (Å²) in [5, 5.41) is 0. The van der Waals surface area contributed by atoms with Crippen LogP contribution in [-0.4, -0.2) is 32.9 Å². The summed E-state index contributed by atoms with van der Waals surface area (Å²) in [4.78, 5) is 0. The molecule has 0 amide bonds. The van der Waals surface area contributed by atoms with E-state index in [0.717, 1.165) is 0 Å². The summed E-state index contributed by atoms with van der Waals surface area (Å²) in [6.07, 6.45) is 0. The van der Waals surface area contributed by atoms with Gasteiger partial charge in [0, 0.05) is 0 Å². The number of hydrogen-bond acceptors (Lipinski definition) is 0. The van der Waals surface area contributed by atoms with Crippen molar-refractivity contribution < 1.29 is 65.2 Å². The molecule has 0 saturated carbocycles. The Balaban J connectivity index is 0. The number of hydrogen-bond donors (Lipinski definition) is 0. The van der Waals surface area contributed by atoms with Gasteiger partial charge < -0.3 is 24.6 Å². The van der Waals surface area contributed by atoms with E-state index in [1.54, 1.807) is 0 Å². The Kier molecular flexibility index (Phi) is 4680. The van der Waals surface area contributed by atoms with Gasteiger partial charge in [0.15, 0.2) is 0 Å². The average molecular weight is 296 g/mol. The maximum atomic E-state index is 0. The van der Waals surface area contributed by atoms with Crippen molar-refractivity contribution in [2.24, 2.45) is 0 Å². The van der Waals surface area contributed by atoms with Gasteiger partial charge in [-0.1, -0.05) is 0 Å². The first-order valence-electron chi connectivity index (χ1n) is 0. The van der Waals surface area contributed by atoms with Gasteiger partial charge in [-0.25, -0.2) is 0 Å². The van der Waals surface area contributed by atoms with Crippen molar-refractivity contribution >= 4 is 32.9 Å². The Morgan fingerprint density at radius 3 is 0.300 bits per heavy atom. The summed E-state index contributed by atoms with van der Waals surface area (Å²) in [6.45, 7) is 0. The van der Waals surface area contributed by atoms with Crippen LogP contribution in [0, 0.1) is 0 Å². The molecule has 0 saturated heterocycles. The maximum Gasteiger partial charge on any atom is 4.00 e. The third-order valence-corrected chi connectivity index (χ3v) is 0. The smallest absolute Gasteiger partial charge is 3.00 e. The zero-order valence-corrected chi connectivity index (χ0v) is 7.97. The Labute approximate surface area is 121 Å². The van der Waals surface area contributed by atoms with E-state index in [-0.39, 0.29) is 123 Å². The molecule has 0 atom stereocenters. The molecule has 0 bridgehead atoms. The number of nitrogens with zero attached hydrogens (tertiary/aromatic N) is 4. The second-order valence-corrected chi connectivity index (χ2v) is 0. The Morgan fingerprint density at radius 1 is 0.300 bits per heavy atom. The van der Waals surface area contributed by atoms with E-state index < -0.39 is 0 Å². The van der Waals surface area contributed by atoms with Crippen molar-refractivity contribution in [1.29, 1.82) is 0 Å². The first kappa shape index (κ1) is 247. The van der Waals surface area contributed by atoms with Crippen molar-refractivity contribution in [2.75, 3.05) is 0 Å². The zero-order valence-electron chi connectivity index (χ0n) is 3.29. The molecule has 0 heterocycles. The van der Waals surface area contributed by atoms with Crippen LogP contribution in [0.3, 0.4) is 0 Å². The predicted molar refractivity (Wildman–Crippen MR) is 47.4 cm³/mol. The van der Waals surface area contributed by atoms with Gasteiger partial charge in [-0.2, -0.15) is 0 Å². The Hall–Kier alpha value is 2.63. The van der Waals surface area contributed by atoms with Crippen molar-refractivity contribution in [2.45, 2.75) is 0 Å². The van der Waals surface area contributed by atoms with E-state index in [1.807, 2.05) is 0 Å². The van der Waals surface area contributed by atoms with Gasteiger partial charge in [-0.05, 0) is 32.9 Å². The normalized spacial score (nSPS) is 0. The molecule has 10 heteroatoms. The first-order chi connectivity index (χ1) is 0. The van der Waals surface area contributed by atoms with E-state index in [1.165, 1.54) is 0 Å². The van der Waals surface area contributed by atoms with Crippen LogP contribution in [0.25, 0.3) is 24.6 Å². The molecule has 4 nitrogen and oxygen atoms in total.